The van der Waals surface area contributed by atoms with Crippen LogP contribution in [0.4, 0.5) is 0 Å². The van der Waals surface area contributed by atoms with Crippen molar-refractivity contribution >= 4 is 29.1 Å². The number of fused-ring (bicyclic) bond motifs is 1. The molecule has 1 N–H and O–H groups in total. The van der Waals surface area contributed by atoms with Crippen molar-refractivity contribution in [2.45, 2.75) is 13.0 Å². The standard InChI is InChI=1S/C17H15Cl2NO2/c18-14-5-6-16-12(8-14)7-13(10-22-16)17(21)20-9-11-3-1-2-4-15(11)19/h1-6,8,13H,7,9-10H2,(H,20,21)/t13-/m1/s1. The summed E-state index contributed by atoms with van der Waals surface area (Å²) in [5, 5.41) is 4.22. The first-order valence-electron chi connectivity index (χ1n) is 7.06. The normalized spacial score (nSPS) is 16.5. The molecule has 1 amide bonds. The molecular weight excluding hydrogens is 321 g/mol. The second-order valence-electron chi connectivity index (χ2n) is 5.27. The molecule has 1 aliphatic heterocycles. The van der Waals surface area contributed by atoms with Crippen LogP contribution in [0.2, 0.25) is 10.0 Å². The first kappa shape index (κ1) is 15.2. The van der Waals surface area contributed by atoms with Crippen LogP contribution in [0, 0.1) is 5.92 Å². The molecule has 22 heavy (non-hydrogen) atoms. The lowest BCUT2D eigenvalue weighted by Gasteiger charge is -2.24. The second kappa shape index (κ2) is 6.59. The molecule has 2 aromatic carbocycles. The van der Waals surface area contributed by atoms with E-state index in [2.05, 4.69) is 5.32 Å². The zero-order chi connectivity index (χ0) is 15.5. The monoisotopic (exact) mass is 335 g/mol. The van der Waals surface area contributed by atoms with Gasteiger partial charge in [-0.2, -0.15) is 0 Å². The fourth-order valence-electron chi connectivity index (χ4n) is 2.50. The molecule has 0 fully saturated rings. The van der Waals surface area contributed by atoms with Gasteiger partial charge in [-0.3, -0.25) is 4.79 Å². The zero-order valence-corrected chi connectivity index (χ0v) is 13.3. The van der Waals surface area contributed by atoms with E-state index in [-0.39, 0.29) is 11.8 Å². The summed E-state index contributed by atoms with van der Waals surface area (Å²) in [6, 6.07) is 13.0. The van der Waals surface area contributed by atoms with Gasteiger partial charge >= 0.3 is 0 Å². The maximum atomic E-state index is 12.3. The second-order valence-corrected chi connectivity index (χ2v) is 6.12. The maximum Gasteiger partial charge on any atom is 0.227 e. The molecule has 3 rings (SSSR count). The van der Waals surface area contributed by atoms with E-state index in [4.69, 9.17) is 27.9 Å². The Hall–Kier alpha value is -1.71. The number of amides is 1. The predicted molar refractivity (Wildman–Crippen MR) is 87.4 cm³/mol. The minimum Gasteiger partial charge on any atom is -0.492 e. The van der Waals surface area contributed by atoms with Crippen LogP contribution >= 0.6 is 23.2 Å². The van der Waals surface area contributed by atoms with E-state index in [1.807, 2.05) is 36.4 Å². The summed E-state index contributed by atoms with van der Waals surface area (Å²) in [5.41, 5.74) is 1.87. The van der Waals surface area contributed by atoms with Gasteiger partial charge in [0.1, 0.15) is 12.4 Å². The van der Waals surface area contributed by atoms with Crippen LogP contribution in [0.25, 0.3) is 0 Å². The summed E-state index contributed by atoms with van der Waals surface area (Å²) in [7, 11) is 0. The molecule has 3 nitrogen and oxygen atoms in total. The number of carbonyl (C=O) groups excluding carboxylic acids is 1. The summed E-state index contributed by atoms with van der Waals surface area (Å²) in [6.45, 7) is 0.792. The van der Waals surface area contributed by atoms with Gasteiger partial charge in [-0.05, 0) is 41.8 Å². The van der Waals surface area contributed by atoms with Gasteiger partial charge in [0.15, 0.2) is 0 Å². The summed E-state index contributed by atoms with van der Waals surface area (Å²) < 4.78 is 5.64. The van der Waals surface area contributed by atoms with E-state index in [0.717, 1.165) is 16.9 Å². The third-order valence-electron chi connectivity index (χ3n) is 3.71. The number of benzene rings is 2. The molecule has 0 saturated heterocycles. The highest BCUT2D eigenvalue weighted by Gasteiger charge is 2.26. The largest absolute Gasteiger partial charge is 0.492 e. The Labute approximate surface area is 139 Å². The molecule has 2 aromatic rings. The van der Waals surface area contributed by atoms with Gasteiger partial charge in [0.25, 0.3) is 0 Å². The van der Waals surface area contributed by atoms with Gasteiger partial charge < -0.3 is 10.1 Å². The summed E-state index contributed by atoms with van der Waals surface area (Å²) in [4.78, 5) is 12.3. The zero-order valence-electron chi connectivity index (χ0n) is 11.8. The SMILES string of the molecule is O=C(NCc1ccccc1Cl)[C@H]1COc2ccc(Cl)cc2C1. The van der Waals surface area contributed by atoms with Crippen molar-refractivity contribution in [2.75, 3.05) is 6.61 Å². The Bertz CT molecular complexity index is 703. The quantitative estimate of drug-likeness (QED) is 0.924. The van der Waals surface area contributed by atoms with Gasteiger partial charge in [-0.1, -0.05) is 41.4 Å². The van der Waals surface area contributed by atoms with E-state index in [0.29, 0.717) is 29.6 Å². The molecule has 0 saturated carbocycles. The van der Waals surface area contributed by atoms with Gasteiger partial charge in [0.2, 0.25) is 5.91 Å². The number of carbonyl (C=O) groups is 1. The number of rotatable bonds is 3. The van der Waals surface area contributed by atoms with Gasteiger partial charge in [0.05, 0.1) is 5.92 Å². The Morgan fingerprint density at radius 3 is 2.86 bits per heavy atom. The van der Waals surface area contributed by atoms with Gasteiger partial charge in [0, 0.05) is 16.6 Å². The average molecular weight is 336 g/mol. The minimum atomic E-state index is -0.214. The number of hydrogen-bond donors (Lipinski definition) is 1. The number of nitrogens with one attached hydrogen (secondary N) is 1. The van der Waals surface area contributed by atoms with Crippen LogP contribution in [0.15, 0.2) is 42.5 Å². The Balaban J connectivity index is 1.63. The van der Waals surface area contributed by atoms with Crippen molar-refractivity contribution < 1.29 is 9.53 Å². The molecule has 0 spiro atoms. The maximum absolute atomic E-state index is 12.3. The fraction of sp³-hybridized carbons (Fsp3) is 0.235. The Morgan fingerprint density at radius 2 is 2.05 bits per heavy atom. The summed E-state index contributed by atoms with van der Waals surface area (Å²) in [6.07, 6.45) is 0.629. The number of hydrogen-bond acceptors (Lipinski definition) is 2. The van der Waals surface area contributed by atoms with Crippen molar-refractivity contribution in [3.63, 3.8) is 0 Å². The molecule has 0 aromatic heterocycles. The first-order chi connectivity index (χ1) is 10.6. The van der Waals surface area contributed by atoms with Crippen LogP contribution in [0.1, 0.15) is 11.1 Å². The molecule has 1 heterocycles. The van der Waals surface area contributed by atoms with E-state index in [9.17, 15) is 4.79 Å². The molecule has 114 valence electrons. The molecule has 0 aliphatic carbocycles. The Morgan fingerprint density at radius 1 is 1.23 bits per heavy atom. The summed E-state index contributed by atoms with van der Waals surface area (Å²) >= 11 is 12.1. The topological polar surface area (TPSA) is 38.3 Å². The van der Waals surface area contributed by atoms with Gasteiger partial charge in [-0.15, -0.1) is 0 Å². The van der Waals surface area contributed by atoms with Crippen molar-refractivity contribution in [1.29, 1.82) is 0 Å². The van der Waals surface area contributed by atoms with E-state index < -0.39 is 0 Å². The van der Waals surface area contributed by atoms with E-state index in [1.54, 1.807) is 6.07 Å². The lowest BCUT2D eigenvalue weighted by atomic mass is 9.96. The van der Waals surface area contributed by atoms with Crippen LogP contribution in [-0.2, 0) is 17.8 Å². The highest BCUT2D eigenvalue weighted by molar-refractivity contribution is 6.31. The summed E-state index contributed by atoms with van der Waals surface area (Å²) in [5.74, 6) is 0.554. The predicted octanol–water partition coefficient (Wildman–Crippen LogP) is 3.86. The lowest BCUT2D eigenvalue weighted by Crippen LogP contribution is -2.37. The number of halogens is 2. The highest BCUT2D eigenvalue weighted by atomic mass is 35.5. The molecule has 0 unspecified atom stereocenters. The average Bonchev–Trinajstić information content (AvgIpc) is 2.53. The third kappa shape index (κ3) is 3.37. The fourth-order valence-corrected chi connectivity index (χ4v) is 2.90. The molecule has 5 heteroatoms. The highest BCUT2D eigenvalue weighted by Crippen LogP contribution is 2.29. The molecule has 1 aliphatic rings. The number of ether oxygens (including phenoxy) is 1. The van der Waals surface area contributed by atoms with Crippen molar-refractivity contribution in [1.82, 2.24) is 5.32 Å². The van der Waals surface area contributed by atoms with E-state index >= 15 is 0 Å². The van der Waals surface area contributed by atoms with Crippen LogP contribution < -0.4 is 10.1 Å². The molecule has 0 bridgehead atoms. The van der Waals surface area contributed by atoms with Crippen molar-refractivity contribution in [3.05, 3.63) is 63.6 Å². The lowest BCUT2D eigenvalue weighted by molar-refractivity contribution is -0.126. The van der Waals surface area contributed by atoms with Crippen molar-refractivity contribution in [3.8, 4) is 5.75 Å². The van der Waals surface area contributed by atoms with Crippen molar-refractivity contribution in [2.24, 2.45) is 5.92 Å². The van der Waals surface area contributed by atoms with Gasteiger partial charge in [-0.25, -0.2) is 0 Å². The van der Waals surface area contributed by atoms with Crippen LogP contribution in [0.3, 0.4) is 0 Å². The first-order valence-corrected chi connectivity index (χ1v) is 7.81. The van der Waals surface area contributed by atoms with E-state index in [1.165, 1.54) is 0 Å². The third-order valence-corrected chi connectivity index (χ3v) is 4.31. The minimum absolute atomic E-state index is 0.0365. The Kier molecular flexibility index (Phi) is 4.55. The van der Waals surface area contributed by atoms with Crippen LogP contribution in [-0.4, -0.2) is 12.5 Å². The smallest absolute Gasteiger partial charge is 0.227 e. The molecule has 0 radical (unpaired) electrons. The molecular formula is C17H15Cl2NO2. The van der Waals surface area contributed by atoms with Crippen LogP contribution in [0.5, 0.6) is 5.75 Å². The molecule has 1 atom stereocenters.